The maximum Gasteiger partial charge on any atom is 0.339 e. The van der Waals surface area contributed by atoms with Crippen LogP contribution in [0.25, 0.3) is 10.2 Å². The second-order valence-corrected chi connectivity index (χ2v) is 9.21. The van der Waals surface area contributed by atoms with Gasteiger partial charge in [-0.05, 0) is 45.0 Å². The van der Waals surface area contributed by atoms with Crippen LogP contribution in [0.2, 0.25) is 5.15 Å². The quantitative estimate of drug-likeness (QED) is 0.183. The van der Waals surface area contributed by atoms with E-state index in [0.29, 0.717) is 32.0 Å². The third kappa shape index (κ3) is 8.88. The Morgan fingerprint density at radius 3 is 2.15 bits per heavy atom. The summed E-state index contributed by atoms with van der Waals surface area (Å²) in [6.45, 7) is 5.97. The van der Waals surface area contributed by atoms with Crippen LogP contribution in [0.1, 0.15) is 62.8 Å². The average molecular weight is 619 g/mol. The Morgan fingerprint density at radius 1 is 1.02 bits per heavy atom. The van der Waals surface area contributed by atoms with Crippen molar-refractivity contribution in [2.45, 2.75) is 28.2 Å². The van der Waals surface area contributed by atoms with Crippen molar-refractivity contribution in [3.8, 4) is 6.07 Å². The van der Waals surface area contributed by atoms with Crippen molar-refractivity contribution in [3.63, 3.8) is 0 Å². The molecular weight excluding hydrogens is 589 g/mol. The molecule has 0 aliphatic heterocycles. The fraction of sp³-hybridized carbons (Fsp3) is 0.214. The monoisotopic (exact) mass is 617 g/mol. The van der Waals surface area contributed by atoms with E-state index in [9.17, 15) is 14.4 Å². The van der Waals surface area contributed by atoms with E-state index in [1.54, 1.807) is 19.9 Å². The molecule has 1 amide bonds. The average Bonchev–Trinajstić information content (AvgIpc) is 3.26. The van der Waals surface area contributed by atoms with Gasteiger partial charge in [0, 0.05) is 23.5 Å². The Hall–Kier alpha value is -4.24. The summed E-state index contributed by atoms with van der Waals surface area (Å²) in [4.78, 5) is 44.4. The van der Waals surface area contributed by atoms with Gasteiger partial charge in [0.05, 0.1) is 35.6 Å². The number of benzene rings is 1. The molecule has 3 heterocycles. The van der Waals surface area contributed by atoms with Crippen LogP contribution in [0.3, 0.4) is 0 Å². The van der Waals surface area contributed by atoms with Gasteiger partial charge in [-0.2, -0.15) is 5.26 Å². The van der Waals surface area contributed by atoms with Crippen molar-refractivity contribution < 1.29 is 23.9 Å². The third-order valence-electron chi connectivity index (χ3n) is 5.08. The van der Waals surface area contributed by atoms with E-state index in [2.05, 4.69) is 15.3 Å². The van der Waals surface area contributed by atoms with Crippen molar-refractivity contribution in [2.24, 2.45) is 0 Å². The minimum absolute atomic E-state index is 0. The Labute approximate surface area is 252 Å². The molecule has 0 radical (unpaired) electrons. The van der Waals surface area contributed by atoms with Crippen LogP contribution >= 0.6 is 35.3 Å². The van der Waals surface area contributed by atoms with Gasteiger partial charge in [-0.25, -0.2) is 19.6 Å². The first-order valence-electron chi connectivity index (χ1n) is 11.6. The van der Waals surface area contributed by atoms with E-state index in [1.807, 2.05) is 37.3 Å². The highest BCUT2D eigenvalue weighted by atomic mass is 35.5. The zero-order valence-electron chi connectivity index (χ0n) is 21.7. The summed E-state index contributed by atoms with van der Waals surface area (Å²) < 4.78 is 9.70. The Morgan fingerprint density at radius 2 is 1.59 bits per heavy atom. The number of thiophene rings is 1. The number of amides is 1. The molecule has 4 rings (SSSR count). The summed E-state index contributed by atoms with van der Waals surface area (Å²) in [6.07, 6.45) is 2.71. The van der Waals surface area contributed by atoms with E-state index in [-0.39, 0.29) is 55.2 Å². The number of anilines is 2. The number of carbonyl (C=O) groups excluding carboxylic acids is 3. The van der Waals surface area contributed by atoms with Gasteiger partial charge in [-0.1, -0.05) is 36.7 Å². The van der Waals surface area contributed by atoms with Gasteiger partial charge in [0.2, 0.25) is 0 Å². The number of aromatic nitrogens is 2. The number of nitrogens with one attached hydrogen (secondary N) is 1. The molecule has 10 nitrogen and oxygen atoms in total. The zero-order chi connectivity index (χ0) is 28.5. The molecule has 4 aromatic rings. The van der Waals surface area contributed by atoms with E-state index >= 15 is 0 Å². The molecular formula is C28H29Cl2N5O5S. The SMILES string of the molecule is C.CCOC(=O)c1cnc(Cl)c(C#N)c1.CCOC(=O)c1cnc2sc(C(=O)Nc3ccc(C)cc3)c(N)c2c1.Cl. The molecule has 0 saturated heterocycles. The molecule has 0 bridgehead atoms. The van der Waals surface area contributed by atoms with Gasteiger partial charge in [0.1, 0.15) is 20.9 Å². The molecule has 0 atom stereocenters. The van der Waals surface area contributed by atoms with E-state index < -0.39 is 11.9 Å². The number of nitriles is 1. The van der Waals surface area contributed by atoms with Gasteiger partial charge >= 0.3 is 11.9 Å². The number of aryl methyl sites for hydroxylation is 1. The predicted molar refractivity (Wildman–Crippen MR) is 163 cm³/mol. The molecule has 0 spiro atoms. The van der Waals surface area contributed by atoms with Crippen LogP contribution in [0.4, 0.5) is 11.4 Å². The van der Waals surface area contributed by atoms with Gasteiger partial charge in [-0.15, -0.1) is 23.7 Å². The van der Waals surface area contributed by atoms with Crippen molar-refractivity contribution >= 4 is 74.8 Å². The van der Waals surface area contributed by atoms with Crippen molar-refractivity contribution in [3.05, 3.63) is 81.1 Å². The second-order valence-electron chi connectivity index (χ2n) is 7.86. The number of esters is 2. The molecule has 0 unspecified atom stereocenters. The minimum Gasteiger partial charge on any atom is -0.462 e. The predicted octanol–water partition coefficient (Wildman–Crippen LogP) is 6.46. The van der Waals surface area contributed by atoms with E-state index in [4.69, 9.17) is 32.1 Å². The van der Waals surface area contributed by atoms with Gasteiger partial charge in [-0.3, -0.25) is 4.79 Å². The Bertz CT molecular complexity index is 1570. The first-order valence-corrected chi connectivity index (χ1v) is 12.8. The van der Waals surface area contributed by atoms with E-state index in [1.165, 1.54) is 29.8 Å². The summed E-state index contributed by atoms with van der Waals surface area (Å²) in [6, 6.07) is 12.3. The fourth-order valence-corrected chi connectivity index (χ4v) is 4.26. The number of ether oxygens (including phenoxy) is 2. The Balaban J connectivity index is 0.000000452. The standard InChI is InChI=1S/C18H17N3O3S.C9H7ClN2O2.CH4.ClH/c1-3-24-18(23)11-8-13-14(19)15(25-17(13)20-9-11)16(22)21-12-6-4-10(2)5-7-12;1-2-14-9(13)7-3-6(4-11)8(10)12-5-7;;/h4-9H,3,19H2,1-2H3,(H,21,22);3,5H,2H2,1H3;1H4;1H. The zero-order valence-corrected chi connectivity index (χ0v) is 24.1. The third-order valence-corrected chi connectivity index (χ3v) is 6.51. The first-order chi connectivity index (χ1) is 18.7. The van der Waals surface area contributed by atoms with Crippen molar-refractivity contribution in [1.82, 2.24) is 9.97 Å². The largest absolute Gasteiger partial charge is 0.462 e. The van der Waals surface area contributed by atoms with Gasteiger partial charge < -0.3 is 20.5 Å². The maximum absolute atomic E-state index is 12.5. The highest BCUT2D eigenvalue weighted by Crippen LogP contribution is 2.33. The van der Waals surface area contributed by atoms with Crippen LogP contribution in [0.5, 0.6) is 0 Å². The molecule has 3 aromatic heterocycles. The van der Waals surface area contributed by atoms with Gasteiger partial charge in [0.15, 0.2) is 0 Å². The van der Waals surface area contributed by atoms with Crippen LogP contribution in [0.15, 0.2) is 48.8 Å². The summed E-state index contributed by atoms with van der Waals surface area (Å²) in [5.74, 6) is -1.27. The number of fused-ring (bicyclic) bond motifs is 1. The number of pyridine rings is 2. The van der Waals surface area contributed by atoms with Crippen molar-refractivity contribution in [1.29, 1.82) is 5.26 Å². The van der Waals surface area contributed by atoms with Crippen LogP contribution < -0.4 is 11.1 Å². The summed E-state index contributed by atoms with van der Waals surface area (Å²) in [5, 5.41) is 12.1. The smallest absolute Gasteiger partial charge is 0.339 e. The molecule has 0 aliphatic carbocycles. The summed E-state index contributed by atoms with van der Waals surface area (Å²) >= 11 is 6.78. The number of hydrogen-bond donors (Lipinski definition) is 2. The normalized spacial score (nSPS) is 9.63. The summed E-state index contributed by atoms with van der Waals surface area (Å²) in [7, 11) is 0. The van der Waals surface area contributed by atoms with Crippen molar-refractivity contribution in [2.75, 3.05) is 24.3 Å². The maximum atomic E-state index is 12.5. The Kier molecular flexibility index (Phi) is 13.7. The minimum atomic E-state index is -0.506. The molecule has 41 heavy (non-hydrogen) atoms. The number of halogens is 2. The molecule has 0 fully saturated rings. The molecule has 13 heteroatoms. The molecule has 1 aromatic carbocycles. The molecule has 3 N–H and O–H groups in total. The first kappa shape index (κ1) is 34.8. The number of nitrogens with zero attached hydrogens (tertiary/aromatic N) is 3. The number of nitrogens with two attached hydrogens (primary N) is 1. The van der Waals surface area contributed by atoms with E-state index in [0.717, 1.165) is 5.56 Å². The lowest BCUT2D eigenvalue weighted by atomic mass is 10.2. The van der Waals surface area contributed by atoms with Crippen LogP contribution in [0, 0.1) is 18.3 Å². The second kappa shape index (κ2) is 16.1. The highest BCUT2D eigenvalue weighted by molar-refractivity contribution is 7.21. The lowest BCUT2D eigenvalue weighted by Crippen LogP contribution is -2.11. The van der Waals surface area contributed by atoms with Crippen LogP contribution in [-0.2, 0) is 9.47 Å². The lowest BCUT2D eigenvalue weighted by Gasteiger charge is -2.04. The molecule has 0 saturated carbocycles. The van der Waals surface area contributed by atoms with Crippen LogP contribution in [-0.4, -0.2) is 41.0 Å². The highest BCUT2D eigenvalue weighted by Gasteiger charge is 2.19. The number of nitrogen functional groups attached to an aromatic ring is 1. The molecule has 216 valence electrons. The summed E-state index contributed by atoms with van der Waals surface area (Å²) in [5.41, 5.74) is 8.92. The number of carbonyl (C=O) groups is 3. The van der Waals surface area contributed by atoms with Gasteiger partial charge in [0.25, 0.3) is 5.91 Å². The number of hydrogen-bond acceptors (Lipinski definition) is 10. The fourth-order valence-electron chi connectivity index (χ4n) is 3.17. The number of rotatable bonds is 6. The molecule has 0 aliphatic rings. The lowest BCUT2D eigenvalue weighted by molar-refractivity contribution is 0.0516. The topological polar surface area (TPSA) is 157 Å².